The van der Waals surface area contributed by atoms with Gasteiger partial charge in [-0.05, 0) is 70.7 Å². The molecular formula is C25H29N3O6. The Morgan fingerprint density at radius 2 is 1.85 bits per heavy atom. The number of ether oxygens (including phenoxy) is 1. The summed E-state index contributed by atoms with van der Waals surface area (Å²) < 4.78 is 5.62. The maximum absolute atomic E-state index is 13.1. The molecule has 1 heterocycles. The predicted octanol–water partition coefficient (Wildman–Crippen LogP) is 3.76. The molecule has 1 atom stereocenters. The average molecular weight is 468 g/mol. The number of non-ortho nitro benzene ring substituents is 1. The number of likely N-dealkylation sites (tertiary alicyclic amines) is 1. The smallest absolute Gasteiger partial charge is 0.295 e. The molecule has 0 saturated carbocycles. The van der Waals surface area contributed by atoms with Gasteiger partial charge in [0.15, 0.2) is 0 Å². The lowest BCUT2D eigenvalue weighted by Crippen LogP contribution is -2.32. The normalized spacial score (nSPS) is 17.6. The van der Waals surface area contributed by atoms with Gasteiger partial charge >= 0.3 is 0 Å². The molecule has 34 heavy (non-hydrogen) atoms. The Morgan fingerprint density at radius 3 is 2.44 bits per heavy atom. The number of Topliss-reactive ketones (excluding diaryl/α,β-unsaturated/α-hetero) is 1. The molecule has 2 aromatic carbocycles. The quantitative estimate of drug-likeness (QED) is 0.196. The number of nitro benzene ring substituents is 1. The van der Waals surface area contributed by atoms with Crippen molar-refractivity contribution in [2.75, 3.05) is 27.2 Å². The topological polar surface area (TPSA) is 113 Å². The zero-order valence-corrected chi connectivity index (χ0v) is 19.7. The Kier molecular flexibility index (Phi) is 7.68. The fourth-order valence-electron chi connectivity index (χ4n) is 3.94. The number of aliphatic hydroxyl groups is 1. The number of rotatable bonds is 9. The van der Waals surface area contributed by atoms with Crippen LogP contribution in [0, 0.1) is 10.1 Å². The van der Waals surface area contributed by atoms with Crippen LogP contribution in [0.25, 0.3) is 5.76 Å². The van der Waals surface area contributed by atoms with Gasteiger partial charge in [-0.3, -0.25) is 19.7 Å². The first-order chi connectivity index (χ1) is 16.1. The summed E-state index contributed by atoms with van der Waals surface area (Å²) in [5.41, 5.74) is 0.483. The molecule has 9 heteroatoms. The van der Waals surface area contributed by atoms with E-state index in [0.29, 0.717) is 29.8 Å². The summed E-state index contributed by atoms with van der Waals surface area (Å²) in [6, 6.07) is 11.4. The Morgan fingerprint density at radius 1 is 1.18 bits per heavy atom. The van der Waals surface area contributed by atoms with E-state index in [0.717, 1.165) is 0 Å². The molecular weight excluding hydrogens is 438 g/mol. The van der Waals surface area contributed by atoms with Crippen molar-refractivity contribution < 1.29 is 24.4 Å². The van der Waals surface area contributed by atoms with E-state index < -0.39 is 22.7 Å². The van der Waals surface area contributed by atoms with Crippen LogP contribution in [0.15, 0.2) is 54.1 Å². The number of benzene rings is 2. The summed E-state index contributed by atoms with van der Waals surface area (Å²) >= 11 is 0. The summed E-state index contributed by atoms with van der Waals surface area (Å²) in [6.45, 7) is 4.73. The summed E-state index contributed by atoms with van der Waals surface area (Å²) in [5.74, 6) is -1.29. The van der Waals surface area contributed by atoms with Gasteiger partial charge in [0.2, 0.25) is 0 Å². The highest BCUT2D eigenvalue weighted by Gasteiger charge is 2.46. The lowest BCUT2D eigenvalue weighted by atomic mass is 9.95. The van der Waals surface area contributed by atoms with E-state index in [9.17, 15) is 24.8 Å². The Labute approximate surface area is 198 Å². The third-order valence-electron chi connectivity index (χ3n) is 5.44. The second-order valence-electron chi connectivity index (χ2n) is 8.69. The lowest BCUT2D eigenvalue weighted by molar-refractivity contribution is -0.384. The van der Waals surface area contributed by atoms with E-state index >= 15 is 0 Å². The zero-order valence-electron chi connectivity index (χ0n) is 19.7. The van der Waals surface area contributed by atoms with E-state index in [1.165, 1.54) is 23.1 Å². The number of nitrogens with zero attached hydrogens (tertiary/aromatic N) is 3. The van der Waals surface area contributed by atoms with Gasteiger partial charge in [0, 0.05) is 24.2 Å². The number of hydrogen-bond acceptors (Lipinski definition) is 7. The highest BCUT2D eigenvalue weighted by Crippen LogP contribution is 2.40. The Hall–Kier alpha value is -3.72. The number of aliphatic hydroxyl groups excluding tert-OH is 1. The van der Waals surface area contributed by atoms with Crippen molar-refractivity contribution in [3.63, 3.8) is 0 Å². The molecule has 0 bridgehead atoms. The molecule has 180 valence electrons. The van der Waals surface area contributed by atoms with E-state index in [2.05, 4.69) is 0 Å². The third-order valence-corrected chi connectivity index (χ3v) is 5.44. The Bertz CT molecular complexity index is 1110. The van der Waals surface area contributed by atoms with Crippen LogP contribution in [0.1, 0.15) is 37.4 Å². The van der Waals surface area contributed by atoms with Crippen molar-refractivity contribution in [3.05, 3.63) is 75.3 Å². The number of carbonyl (C=O) groups is 2. The molecule has 1 fully saturated rings. The van der Waals surface area contributed by atoms with Gasteiger partial charge < -0.3 is 19.6 Å². The monoisotopic (exact) mass is 467 g/mol. The second-order valence-corrected chi connectivity index (χ2v) is 8.69. The van der Waals surface area contributed by atoms with Crippen LogP contribution in [0.4, 0.5) is 5.69 Å². The largest absolute Gasteiger partial charge is 0.507 e. The number of amides is 1. The van der Waals surface area contributed by atoms with Crippen molar-refractivity contribution in [2.24, 2.45) is 0 Å². The maximum Gasteiger partial charge on any atom is 0.295 e. The van der Waals surface area contributed by atoms with Crippen LogP contribution >= 0.6 is 0 Å². The van der Waals surface area contributed by atoms with Crippen molar-refractivity contribution in [2.45, 2.75) is 32.4 Å². The van der Waals surface area contributed by atoms with E-state index in [1.807, 2.05) is 32.8 Å². The Balaban J connectivity index is 2.08. The maximum atomic E-state index is 13.1. The van der Waals surface area contributed by atoms with Gasteiger partial charge in [-0.1, -0.05) is 12.1 Å². The predicted molar refractivity (Wildman–Crippen MR) is 127 cm³/mol. The molecule has 1 aliphatic rings. The minimum Gasteiger partial charge on any atom is -0.507 e. The van der Waals surface area contributed by atoms with Gasteiger partial charge in [0.05, 0.1) is 22.6 Å². The van der Waals surface area contributed by atoms with Gasteiger partial charge in [0.1, 0.15) is 11.5 Å². The first kappa shape index (κ1) is 24.9. The van der Waals surface area contributed by atoms with Crippen molar-refractivity contribution >= 4 is 23.1 Å². The molecule has 0 aliphatic carbocycles. The standard InChI is InChI=1S/C25H29N3O6/c1-16(2)34-20-11-9-17(10-12-20)23(29)21-22(18-7-5-8-19(15-18)28(32)33)27(25(31)24(21)30)14-6-13-26(3)4/h5,7-12,15-16,22,29H,6,13-14H2,1-4H3/b23-21+/t22-/m0/s1. The molecule has 9 nitrogen and oxygen atoms in total. The van der Waals surface area contributed by atoms with Crippen molar-refractivity contribution in [3.8, 4) is 5.75 Å². The molecule has 3 rings (SSSR count). The number of hydrogen-bond donors (Lipinski definition) is 1. The second kappa shape index (κ2) is 10.5. The minimum atomic E-state index is -0.936. The van der Waals surface area contributed by atoms with E-state index in [4.69, 9.17) is 4.74 Å². The fraction of sp³-hybridized carbons (Fsp3) is 0.360. The molecule has 1 amide bonds. The number of nitro groups is 1. The summed E-state index contributed by atoms with van der Waals surface area (Å²) in [4.78, 5) is 40.2. The van der Waals surface area contributed by atoms with Gasteiger partial charge in [-0.25, -0.2) is 0 Å². The SMILES string of the molecule is CC(C)Oc1ccc(/C(O)=C2\C(=O)C(=O)N(CCCN(C)C)[C@H]2c2cccc([N+](=O)[O-])c2)cc1. The van der Waals surface area contributed by atoms with Crippen LogP contribution < -0.4 is 4.74 Å². The highest BCUT2D eigenvalue weighted by molar-refractivity contribution is 6.46. The molecule has 0 spiro atoms. The third kappa shape index (κ3) is 5.43. The van der Waals surface area contributed by atoms with Crippen LogP contribution in [0.2, 0.25) is 0 Å². The van der Waals surface area contributed by atoms with Gasteiger partial charge in [0.25, 0.3) is 17.4 Å². The van der Waals surface area contributed by atoms with Crippen LogP contribution in [0.5, 0.6) is 5.75 Å². The van der Waals surface area contributed by atoms with Crippen molar-refractivity contribution in [1.29, 1.82) is 0 Å². The van der Waals surface area contributed by atoms with Crippen LogP contribution in [0.3, 0.4) is 0 Å². The summed E-state index contributed by atoms with van der Waals surface area (Å²) in [5, 5.41) is 22.5. The first-order valence-electron chi connectivity index (χ1n) is 11.0. The van der Waals surface area contributed by atoms with E-state index in [1.54, 1.807) is 30.3 Å². The van der Waals surface area contributed by atoms with Crippen molar-refractivity contribution in [1.82, 2.24) is 9.80 Å². The zero-order chi connectivity index (χ0) is 25.0. The minimum absolute atomic E-state index is 0.0270. The molecule has 0 aromatic heterocycles. The molecule has 1 N–H and O–H groups in total. The molecule has 1 saturated heterocycles. The van der Waals surface area contributed by atoms with Gasteiger partial charge in [-0.15, -0.1) is 0 Å². The first-order valence-corrected chi connectivity index (χ1v) is 11.0. The van der Waals surface area contributed by atoms with E-state index in [-0.39, 0.29) is 29.7 Å². The molecule has 0 unspecified atom stereocenters. The van der Waals surface area contributed by atoms with Crippen LogP contribution in [-0.4, -0.2) is 64.8 Å². The number of carbonyl (C=O) groups excluding carboxylic acids is 2. The molecule has 1 aliphatic heterocycles. The molecule has 2 aromatic rings. The van der Waals surface area contributed by atoms with Gasteiger partial charge in [-0.2, -0.15) is 0 Å². The van der Waals surface area contributed by atoms with Crippen LogP contribution in [-0.2, 0) is 9.59 Å². The highest BCUT2D eigenvalue weighted by atomic mass is 16.6. The fourth-order valence-corrected chi connectivity index (χ4v) is 3.94. The summed E-state index contributed by atoms with van der Waals surface area (Å²) in [6.07, 6.45) is 0.563. The lowest BCUT2D eigenvalue weighted by Gasteiger charge is -2.25. The molecule has 0 radical (unpaired) electrons. The number of ketones is 1. The average Bonchev–Trinajstić information content (AvgIpc) is 3.03. The summed E-state index contributed by atoms with van der Waals surface area (Å²) in [7, 11) is 3.80.